The molecular formula is C19H20FN3O2S. The number of aromatic nitrogens is 1. The molecule has 3 atom stereocenters. The van der Waals surface area contributed by atoms with Gasteiger partial charge in [-0.2, -0.15) is 0 Å². The van der Waals surface area contributed by atoms with Crippen LogP contribution in [0.5, 0.6) is 0 Å². The SMILES string of the molecule is O=C(Cc1csc(-c2ccc(F)cc2)n1)NNC(=O)[C@H]1C[C@H]2CC[C@H]1C2. The number of benzene rings is 1. The van der Waals surface area contributed by atoms with E-state index in [-0.39, 0.29) is 30.0 Å². The Morgan fingerprint density at radius 1 is 1.15 bits per heavy atom. The summed E-state index contributed by atoms with van der Waals surface area (Å²) in [6.45, 7) is 0. The minimum Gasteiger partial charge on any atom is -0.273 e. The molecule has 5 nitrogen and oxygen atoms in total. The highest BCUT2D eigenvalue weighted by molar-refractivity contribution is 7.13. The molecule has 26 heavy (non-hydrogen) atoms. The lowest BCUT2D eigenvalue weighted by Crippen LogP contribution is -2.46. The number of amides is 2. The molecule has 7 heteroatoms. The average molecular weight is 373 g/mol. The fourth-order valence-electron chi connectivity index (χ4n) is 4.11. The number of halogens is 1. The zero-order valence-corrected chi connectivity index (χ0v) is 15.0. The summed E-state index contributed by atoms with van der Waals surface area (Å²) >= 11 is 1.40. The lowest BCUT2D eigenvalue weighted by atomic mass is 9.88. The molecule has 2 amide bonds. The van der Waals surface area contributed by atoms with Crippen molar-refractivity contribution in [2.45, 2.75) is 32.1 Å². The van der Waals surface area contributed by atoms with Gasteiger partial charge in [-0.3, -0.25) is 20.4 Å². The fraction of sp³-hybridized carbons (Fsp3) is 0.421. The van der Waals surface area contributed by atoms with Gasteiger partial charge in [-0.15, -0.1) is 11.3 Å². The van der Waals surface area contributed by atoms with Crippen molar-refractivity contribution in [2.24, 2.45) is 17.8 Å². The van der Waals surface area contributed by atoms with Crippen molar-refractivity contribution >= 4 is 23.2 Å². The molecule has 2 fully saturated rings. The zero-order chi connectivity index (χ0) is 18.1. The molecule has 0 radical (unpaired) electrons. The Labute approximate surface area is 155 Å². The normalized spacial score (nSPS) is 23.8. The number of thiazole rings is 1. The predicted octanol–water partition coefficient (Wildman–Crippen LogP) is 3.08. The Hall–Kier alpha value is -2.28. The van der Waals surface area contributed by atoms with Crippen LogP contribution in [-0.2, 0) is 16.0 Å². The van der Waals surface area contributed by atoms with E-state index in [1.54, 1.807) is 17.5 Å². The van der Waals surface area contributed by atoms with E-state index in [2.05, 4.69) is 15.8 Å². The monoisotopic (exact) mass is 373 g/mol. The maximum atomic E-state index is 13.0. The third-order valence-electron chi connectivity index (χ3n) is 5.38. The van der Waals surface area contributed by atoms with Gasteiger partial charge in [-0.25, -0.2) is 9.37 Å². The summed E-state index contributed by atoms with van der Waals surface area (Å²) in [7, 11) is 0. The lowest BCUT2D eigenvalue weighted by Gasteiger charge is -2.20. The van der Waals surface area contributed by atoms with Crippen LogP contribution in [-0.4, -0.2) is 16.8 Å². The number of nitrogens with zero attached hydrogens (tertiary/aromatic N) is 1. The first-order chi connectivity index (χ1) is 12.6. The molecule has 2 aliphatic carbocycles. The first-order valence-electron chi connectivity index (χ1n) is 8.87. The van der Waals surface area contributed by atoms with E-state index in [4.69, 9.17) is 0 Å². The Kier molecular flexibility index (Phi) is 4.72. The molecule has 2 N–H and O–H groups in total. The number of carbonyl (C=O) groups excluding carboxylic acids is 2. The zero-order valence-electron chi connectivity index (χ0n) is 14.2. The summed E-state index contributed by atoms with van der Waals surface area (Å²) in [5.74, 6) is 0.544. The average Bonchev–Trinajstić information content (AvgIpc) is 3.37. The van der Waals surface area contributed by atoms with Crippen LogP contribution in [0.2, 0.25) is 0 Å². The van der Waals surface area contributed by atoms with Gasteiger partial charge in [0.15, 0.2) is 0 Å². The van der Waals surface area contributed by atoms with Crippen LogP contribution in [0.3, 0.4) is 0 Å². The number of nitrogens with one attached hydrogen (secondary N) is 2. The molecule has 0 saturated heterocycles. The van der Waals surface area contributed by atoms with Crippen LogP contribution < -0.4 is 10.9 Å². The Balaban J connectivity index is 1.28. The highest BCUT2D eigenvalue weighted by atomic mass is 32.1. The van der Waals surface area contributed by atoms with E-state index in [1.165, 1.54) is 29.9 Å². The van der Waals surface area contributed by atoms with E-state index in [0.717, 1.165) is 29.8 Å². The van der Waals surface area contributed by atoms with Gasteiger partial charge in [0.25, 0.3) is 0 Å². The Morgan fingerprint density at radius 2 is 1.96 bits per heavy atom. The fourth-order valence-corrected chi connectivity index (χ4v) is 4.94. The molecule has 1 aromatic carbocycles. The number of hydrogen-bond acceptors (Lipinski definition) is 4. The van der Waals surface area contributed by atoms with Gasteiger partial charge in [0, 0.05) is 16.9 Å². The van der Waals surface area contributed by atoms with Gasteiger partial charge in [0.1, 0.15) is 10.8 Å². The van der Waals surface area contributed by atoms with Gasteiger partial charge in [0.2, 0.25) is 11.8 Å². The maximum absolute atomic E-state index is 13.0. The summed E-state index contributed by atoms with van der Waals surface area (Å²) < 4.78 is 13.0. The first-order valence-corrected chi connectivity index (χ1v) is 9.75. The number of rotatable bonds is 4. The topological polar surface area (TPSA) is 71.1 Å². The van der Waals surface area contributed by atoms with Crippen molar-refractivity contribution in [2.75, 3.05) is 0 Å². The van der Waals surface area contributed by atoms with Crippen LogP contribution >= 0.6 is 11.3 Å². The smallest absolute Gasteiger partial charge is 0.244 e. The summed E-state index contributed by atoms with van der Waals surface area (Å²) in [6.07, 6.45) is 4.55. The predicted molar refractivity (Wildman–Crippen MR) is 96.4 cm³/mol. The van der Waals surface area contributed by atoms with Crippen LogP contribution in [0.15, 0.2) is 29.6 Å². The third-order valence-corrected chi connectivity index (χ3v) is 6.32. The molecule has 1 heterocycles. The quantitative estimate of drug-likeness (QED) is 0.809. The molecule has 4 rings (SSSR count). The Bertz CT molecular complexity index is 820. The molecule has 0 unspecified atom stereocenters. The molecule has 0 aliphatic heterocycles. The van der Waals surface area contributed by atoms with Crippen LogP contribution in [0.1, 0.15) is 31.4 Å². The number of carbonyl (C=O) groups is 2. The molecule has 2 bridgehead atoms. The van der Waals surface area contributed by atoms with Crippen molar-refractivity contribution in [3.05, 3.63) is 41.2 Å². The summed E-state index contributed by atoms with van der Waals surface area (Å²) in [4.78, 5) is 28.7. The molecule has 2 aromatic rings. The summed E-state index contributed by atoms with van der Waals surface area (Å²) in [5, 5.41) is 2.54. The second kappa shape index (κ2) is 7.15. The van der Waals surface area contributed by atoms with Gasteiger partial charge in [-0.05, 0) is 55.4 Å². The van der Waals surface area contributed by atoms with E-state index >= 15 is 0 Å². The van der Waals surface area contributed by atoms with Crippen molar-refractivity contribution < 1.29 is 14.0 Å². The van der Waals surface area contributed by atoms with Crippen molar-refractivity contribution in [1.29, 1.82) is 0 Å². The van der Waals surface area contributed by atoms with E-state index < -0.39 is 0 Å². The molecule has 1 aromatic heterocycles. The lowest BCUT2D eigenvalue weighted by molar-refractivity contribution is -0.132. The molecule has 2 saturated carbocycles. The number of hydrazine groups is 1. The van der Waals surface area contributed by atoms with E-state index in [1.807, 2.05) is 0 Å². The number of hydrogen-bond donors (Lipinski definition) is 2. The van der Waals surface area contributed by atoms with Gasteiger partial charge in [-0.1, -0.05) is 6.42 Å². The summed E-state index contributed by atoms with van der Waals surface area (Å²) in [5.41, 5.74) is 6.51. The Morgan fingerprint density at radius 3 is 2.65 bits per heavy atom. The number of fused-ring (bicyclic) bond motifs is 2. The highest BCUT2D eigenvalue weighted by Crippen LogP contribution is 2.48. The minimum absolute atomic E-state index is 0.0402. The molecule has 136 valence electrons. The third kappa shape index (κ3) is 3.62. The largest absolute Gasteiger partial charge is 0.273 e. The van der Waals surface area contributed by atoms with Crippen LogP contribution in [0.25, 0.3) is 10.6 Å². The standard InChI is InChI=1S/C19H20FN3O2S/c20-14-5-3-12(4-6-14)19-21-15(10-26-19)9-17(24)22-23-18(25)16-8-11-1-2-13(16)7-11/h3-6,10-11,13,16H,1-2,7-9H2,(H,22,24)(H,23,25)/t11-,13-,16-/m0/s1. The van der Waals surface area contributed by atoms with Gasteiger partial charge < -0.3 is 0 Å². The summed E-state index contributed by atoms with van der Waals surface area (Å²) in [6, 6.07) is 6.09. The van der Waals surface area contributed by atoms with Crippen molar-refractivity contribution in [3.8, 4) is 10.6 Å². The first kappa shape index (κ1) is 17.1. The van der Waals surface area contributed by atoms with Crippen molar-refractivity contribution in [3.63, 3.8) is 0 Å². The highest BCUT2D eigenvalue weighted by Gasteiger charge is 2.43. The van der Waals surface area contributed by atoms with Gasteiger partial charge >= 0.3 is 0 Å². The van der Waals surface area contributed by atoms with Crippen LogP contribution in [0, 0.1) is 23.6 Å². The molecule has 0 spiro atoms. The second-order valence-electron chi connectivity index (χ2n) is 7.15. The van der Waals surface area contributed by atoms with E-state index in [0.29, 0.717) is 17.5 Å². The second-order valence-corrected chi connectivity index (χ2v) is 8.00. The van der Waals surface area contributed by atoms with Crippen molar-refractivity contribution in [1.82, 2.24) is 15.8 Å². The van der Waals surface area contributed by atoms with Crippen LogP contribution in [0.4, 0.5) is 4.39 Å². The maximum Gasteiger partial charge on any atom is 0.244 e. The molecular weight excluding hydrogens is 353 g/mol. The molecule has 2 aliphatic rings. The van der Waals surface area contributed by atoms with Gasteiger partial charge in [0.05, 0.1) is 12.1 Å². The minimum atomic E-state index is -0.295. The van der Waals surface area contributed by atoms with E-state index in [9.17, 15) is 14.0 Å².